The van der Waals surface area contributed by atoms with E-state index in [-0.39, 0.29) is 5.92 Å². The van der Waals surface area contributed by atoms with Crippen molar-refractivity contribution in [2.24, 2.45) is 17.8 Å². The lowest BCUT2D eigenvalue weighted by molar-refractivity contribution is -0.120. The smallest absolute Gasteiger partial charge is 0.158 e. The van der Waals surface area contributed by atoms with Gasteiger partial charge in [0.1, 0.15) is 0 Å². The van der Waals surface area contributed by atoms with Gasteiger partial charge in [-0.05, 0) is 24.3 Å². The summed E-state index contributed by atoms with van der Waals surface area (Å²) in [5, 5.41) is 0. The van der Waals surface area contributed by atoms with Gasteiger partial charge in [0.15, 0.2) is 5.78 Å². The van der Waals surface area contributed by atoms with Crippen molar-refractivity contribution in [3.05, 3.63) is 12.2 Å². The average molecular weight is 152 g/mol. The summed E-state index contributed by atoms with van der Waals surface area (Å²) in [5.74, 6) is 1.68. The van der Waals surface area contributed by atoms with Gasteiger partial charge in [-0.15, -0.1) is 0 Å². The lowest BCUT2D eigenvalue weighted by Crippen LogP contribution is -2.27. The minimum absolute atomic E-state index is 0.273. The molecule has 1 nitrogen and oxygen atoms in total. The Kier molecular flexibility index (Phi) is 2.48. The predicted molar refractivity (Wildman–Crippen MR) is 46.3 cm³/mol. The topological polar surface area (TPSA) is 17.1 Å². The van der Waals surface area contributed by atoms with E-state index in [9.17, 15) is 4.79 Å². The van der Waals surface area contributed by atoms with Crippen molar-refractivity contribution in [3.63, 3.8) is 0 Å². The van der Waals surface area contributed by atoms with Crippen molar-refractivity contribution in [1.29, 1.82) is 0 Å². The van der Waals surface area contributed by atoms with Gasteiger partial charge in [0.2, 0.25) is 0 Å². The number of carbonyl (C=O) groups is 1. The SMILES string of the molecule is CCC1C(=O)C=CC(C)C1C. The van der Waals surface area contributed by atoms with Crippen LogP contribution in [0.4, 0.5) is 0 Å². The van der Waals surface area contributed by atoms with Gasteiger partial charge in [0.05, 0.1) is 0 Å². The number of hydrogen-bond acceptors (Lipinski definition) is 1. The van der Waals surface area contributed by atoms with E-state index in [2.05, 4.69) is 20.8 Å². The fourth-order valence-electron chi connectivity index (χ4n) is 1.74. The summed E-state index contributed by atoms with van der Waals surface area (Å²) in [6.07, 6.45) is 4.76. The minimum Gasteiger partial charge on any atom is -0.295 e. The maximum atomic E-state index is 11.3. The van der Waals surface area contributed by atoms with Crippen LogP contribution in [0, 0.1) is 17.8 Å². The highest BCUT2D eigenvalue weighted by Crippen LogP contribution is 2.29. The number of ketones is 1. The standard InChI is InChI=1S/C10H16O/c1-4-9-8(3)7(2)5-6-10(9)11/h5-9H,4H2,1-3H3. The largest absolute Gasteiger partial charge is 0.295 e. The molecule has 0 saturated carbocycles. The molecule has 0 aromatic rings. The highest BCUT2D eigenvalue weighted by atomic mass is 16.1. The second-order valence-electron chi connectivity index (χ2n) is 3.49. The first kappa shape index (κ1) is 8.51. The van der Waals surface area contributed by atoms with Crippen molar-refractivity contribution in [2.45, 2.75) is 27.2 Å². The molecular weight excluding hydrogens is 136 g/mol. The molecule has 0 N–H and O–H groups in total. The Morgan fingerprint density at radius 2 is 2.09 bits per heavy atom. The number of allylic oxidation sites excluding steroid dienone is 2. The second-order valence-corrected chi connectivity index (χ2v) is 3.49. The van der Waals surface area contributed by atoms with Gasteiger partial charge < -0.3 is 0 Å². The summed E-state index contributed by atoms with van der Waals surface area (Å²) in [4.78, 5) is 11.3. The van der Waals surface area contributed by atoms with Gasteiger partial charge in [-0.1, -0.05) is 26.8 Å². The van der Waals surface area contributed by atoms with Crippen LogP contribution in [0.5, 0.6) is 0 Å². The van der Waals surface area contributed by atoms with Crippen molar-refractivity contribution in [1.82, 2.24) is 0 Å². The van der Waals surface area contributed by atoms with E-state index in [1.165, 1.54) is 0 Å². The molecular formula is C10H16O. The maximum Gasteiger partial charge on any atom is 0.158 e. The van der Waals surface area contributed by atoms with E-state index in [1.807, 2.05) is 6.08 Å². The van der Waals surface area contributed by atoms with Crippen molar-refractivity contribution < 1.29 is 4.79 Å². The molecule has 3 unspecified atom stereocenters. The third kappa shape index (κ3) is 1.52. The third-order valence-corrected chi connectivity index (χ3v) is 2.83. The van der Waals surface area contributed by atoms with E-state index < -0.39 is 0 Å². The summed E-state index contributed by atoms with van der Waals surface area (Å²) in [5.41, 5.74) is 0. The molecule has 0 fully saturated rings. The van der Waals surface area contributed by atoms with Crippen LogP contribution in [0.25, 0.3) is 0 Å². The van der Waals surface area contributed by atoms with Gasteiger partial charge in [0.25, 0.3) is 0 Å². The van der Waals surface area contributed by atoms with E-state index in [0.29, 0.717) is 17.6 Å². The molecule has 1 heteroatoms. The lowest BCUT2D eigenvalue weighted by atomic mass is 9.76. The highest BCUT2D eigenvalue weighted by molar-refractivity contribution is 5.92. The predicted octanol–water partition coefficient (Wildman–Crippen LogP) is 2.42. The van der Waals surface area contributed by atoms with E-state index in [4.69, 9.17) is 0 Å². The number of rotatable bonds is 1. The van der Waals surface area contributed by atoms with Crippen LogP contribution in [0.2, 0.25) is 0 Å². The van der Waals surface area contributed by atoms with Gasteiger partial charge in [-0.2, -0.15) is 0 Å². The van der Waals surface area contributed by atoms with E-state index in [0.717, 1.165) is 6.42 Å². The molecule has 3 atom stereocenters. The molecule has 1 aliphatic carbocycles. The van der Waals surface area contributed by atoms with Gasteiger partial charge in [-0.3, -0.25) is 4.79 Å². The van der Waals surface area contributed by atoms with Crippen molar-refractivity contribution in [3.8, 4) is 0 Å². The molecule has 0 spiro atoms. The summed E-state index contributed by atoms with van der Waals surface area (Å²) in [6.45, 7) is 6.43. The minimum atomic E-state index is 0.273. The molecule has 0 radical (unpaired) electrons. The van der Waals surface area contributed by atoms with Crippen LogP contribution in [0.15, 0.2) is 12.2 Å². The molecule has 1 aliphatic rings. The molecule has 0 aliphatic heterocycles. The van der Waals surface area contributed by atoms with Crippen molar-refractivity contribution >= 4 is 5.78 Å². The van der Waals surface area contributed by atoms with Crippen LogP contribution in [0.3, 0.4) is 0 Å². The molecule has 0 heterocycles. The molecule has 1 rings (SSSR count). The van der Waals surface area contributed by atoms with Crippen molar-refractivity contribution in [2.75, 3.05) is 0 Å². The summed E-state index contributed by atoms with van der Waals surface area (Å²) < 4.78 is 0. The monoisotopic (exact) mass is 152 g/mol. The van der Waals surface area contributed by atoms with Crippen LogP contribution >= 0.6 is 0 Å². The van der Waals surface area contributed by atoms with E-state index in [1.54, 1.807) is 6.08 Å². The molecule has 0 aromatic carbocycles. The van der Waals surface area contributed by atoms with Crippen LogP contribution in [-0.2, 0) is 4.79 Å². The zero-order chi connectivity index (χ0) is 8.43. The molecule has 0 bridgehead atoms. The zero-order valence-electron chi connectivity index (χ0n) is 7.50. The summed E-state index contributed by atoms with van der Waals surface area (Å²) in [7, 11) is 0. The van der Waals surface area contributed by atoms with Gasteiger partial charge in [0, 0.05) is 5.92 Å². The van der Waals surface area contributed by atoms with Crippen LogP contribution in [0.1, 0.15) is 27.2 Å². The maximum absolute atomic E-state index is 11.3. The quantitative estimate of drug-likeness (QED) is 0.564. The molecule has 11 heavy (non-hydrogen) atoms. The average Bonchev–Trinajstić information content (AvgIpc) is 1.99. The molecule has 0 saturated heterocycles. The first-order valence-corrected chi connectivity index (χ1v) is 4.38. The highest BCUT2D eigenvalue weighted by Gasteiger charge is 2.27. The van der Waals surface area contributed by atoms with E-state index >= 15 is 0 Å². The normalized spacial score (nSPS) is 37.7. The first-order valence-electron chi connectivity index (χ1n) is 4.38. The number of carbonyl (C=O) groups excluding carboxylic acids is 1. The summed E-state index contributed by atoms with van der Waals surface area (Å²) >= 11 is 0. The Labute approximate surface area is 68.5 Å². The molecule has 0 aromatic heterocycles. The van der Waals surface area contributed by atoms with Crippen LogP contribution in [-0.4, -0.2) is 5.78 Å². The third-order valence-electron chi connectivity index (χ3n) is 2.83. The first-order chi connectivity index (χ1) is 5.16. The Morgan fingerprint density at radius 1 is 1.45 bits per heavy atom. The van der Waals surface area contributed by atoms with Gasteiger partial charge in [-0.25, -0.2) is 0 Å². The lowest BCUT2D eigenvalue weighted by Gasteiger charge is -2.27. The fourth-order valence-corrected chi connectivity index (χ4v) is 1.74. The Morgan fingerprint density at radius 3 is 2.55 bits per heavy atom. The van der Waals surface area contributed by atoms with Gasteiger partial charge >= 0.3 is 0 Å². The zero-order valence-corrected chi connectivity index (χ0v) is 7.50. The van der Waals surface area contributed by atoms with Crippen LogP contribution < -0.4 is 0 Å². The molecule has 0 amide bonds. The summed E-state index contributed by atoms with van der Waals surface area (Å²) in [6, 6.07) is 0. The Bertz CT molecular complexity index is 181. The molecule has 62 valence electrons. The Balaban J connectivity index is 2.78. The fraction of sp³-hybridized carbons (Fsp3) is 0.700. The second kappa shape index (κ2) is 3.21. The Hall–Kier alpha value is -0.590. The number of hydrogen-bond donors (Lipinski definition) is 0.